The number of aliphatic carboxylic acids is 2. The van der Waals surface area contributed by atoms with Crippen LogP contribution in [0.15, 0.2) is 24.3 Å². The predicted octanol–water partition coefficient (Wildman–Crippen LogP) is 1.52. The number of carbonyl (C=O) groups excluding carboxylic acids is 1. The van der Waals surface area contributed by atoms with E-state index in [1.54, 1.807) is 13.0 Å². The van der Waals surface area contributed by atoms with Crippen LogP contribution >= 0.6 is 12.4 Å². The lowest BCUT2D eigenvalue weighted by Gasteiger charge is -2.04. The summed E-state index contributed by atoms with van der Waals surface area (Å²) in [5.41, 5.74) is 11.9. The lowest BCUT2D eigenvalue weighted by Crippen LogP contribution is -2.29. The average Bonchev–Trinajstić information content (AvgIpc) is 3.20. The van der Waals surface area contributed by atoms with Crippen molar-refractivity contribution in [3.05, 3.63) is 24.3 Å². The summed E-state index contributed by atoms with van der Waals surface area (Å²) in [6, 6.07) is 6.58. The Hall–Kier alpha value is -2.60. The van der Waals surface area contributed by atoms with Gasteiger partial charge in [0.2, 0.25) is 6.41 Å². The summed E-state index contributed by atoms with van der Waals surface area (Å²) >= 11 is 0. The Balaban J connectivity index is 0. The average molecular weight is 489 g/mol. The molecule has 1 aromatic carbocycles. The second-order valence-electron chi connectivity index (χ2n) is 7.20. The number of hydrogen-bond donors (Lipinski definition) is 5. The van der Waals surface area contributed by atoms with Gasteiger partial charge in [-0.05, 0) is 58.0 Å². The molecule has 1 aromatic heterocycles. The highest BCUT2D eigenvalue weighted by molar-refractivity contribution is 5.85. The molecule has 2 aromatic rings. The first kappa shape index (κ1) is 32.6. The summed E-state index contributed by atoms with van der Waals surface area (Å²) in [5, 5.41) is 27.3. The van der Waals surface area contributed by atoms with Crippen molar-refractivity contribution in [2.24, 2.45) is 17.4 Å². The molecule has 2 atom stereocenters. The van der Waals surface area contributed by atoms with E-state index in [2.05, 4.69) is 15.6 Å². The molecule has 0 bridgehead atoms. The SMILES string of the molecule is CNCCCCC(C)C(=O)O.Cl.NCCCCC(N)C(=O)O.O=Cn1nnc2ccccc21. The minimum Gasteiger partial charge on any atom is -0.481 e. The number of fused-ring (bicyclic) bond motifs is 1. The number of carbonyl (C=O) groups is 3. The van der Waals surface area contributed by atoms with Crippen LogP contribution in [0.25, 0.3) is 11.0 Å². The summed E-state index contributed by atoms with van der Waals surface area (Å²) < 4.78 is 1.20. The second-order valence-corrected chi connectivity index (χ2v) is 7.20. The van der Waals surface area contributed by atoms with Gasteiger partial charge in [-0.1, -0.05) is 37.1 Å². The van der Waals surface area contributed by atoms with Crippen LogP contribution in [0.5, 0.6) is 0 Å². The van der Waals surface area contributed by atoms with Crippen molar-refractivity contribution in [3.63, 3.8) is 0 Å². The van der Waals surface area contributed by atoms with E-state index in [9.17, 15) is 14.4 Å². The molecule has 0 aliphatic heterocycles. The second kappa shape index (κ2) is 20.0. The van der Waals surface area contributed by atoms with Crippen LogP contribution in [0.2, 0.25) is 0 Å². The monoisotopic (exact) mass is 488 g/mol. The number of halogens is 1. The van der Waals surface area contributed by atoms with Crippen molar-refractivity contribution in [2.75, 3.05) is 20.1 Å². The minimum atomic E-state index is -0.933. The van der Waals surface area contributed by atoms with E-state index in [1.165, 1.54) is 4.68 Å². The number of nitrogens with two attached hydrogens (primary N) is 2. The van der Waals surface area contributed by atoms with Gasteiger partial charge in [0.05, 0.1) is 11.4 Å². The Morgan fingerprint density at radius 3 is 2.30 bits per heavy atom. The molecule has 0 saturated heterocycles. The fourth-order valence-electron chi connectivity index (χ4n) is 2.47. The molecule has 0 fully saturated rings. The largest absolute Gasteiger partial charge is 0.481 e. The zero-order valence-electron chi connectivity index (χ0n) is 19.2. The summed E-state index contributed by atoms with van der Waals surface area (Å²) in [6.07, 6.45) is 5.65. The van der Waals surface area contributed by atoms with Gasteiger partial charge in [0, 0.05) is 0 Å². The third-order valence-corrected chi connectivity index (χ3v) is 4.50. The van der Waals surface area contributed by atoms with Gasteiger partial charge < -0.3 is 27.0 Å². The first-order chi connectivity index (χ1) is 15.3. The molecule has 0 radical (unpaired) electrons. The van der Waals surface area contributed by atoms with Crippen LogP contribution in [0.1, 0.15) is 45.4 Å². The highest BCUT2D eigenvalue weighted by Gasteiger charge is 2.09. The van der Waals surface area contributed by atoms with Gasteiger partial charge in [-0.15, -0.1) is 17.5 Å². The fraction of sp³-hybridized carbons (Fsp3) is 0.571. The minimum absolute atomic E-state index is 0. The van der Waals surface area contributed by atoms with E-state index in [0.29, 0.717) is 19.4 Å². The number of unbranched alkanes of at least 4 members (excludes halogenated alkanes) is 2. The number of carboxylic acid groups (broad SMARTS) is 2. The van der Waals surface area contributed by atoms with Gasteiger partial charge in [-0.2, -0.15) is 4.68 Å². The molecule has 2 rings (SSSR count). The van der Waals surface area contributed by atoms with Crippen LogP contribution in [0.3, 0.4) is 0 Å². The molecule has 0 aliphatic carbocycles. The Morgan fingerprint density at radius 2 is 1.76 bits per heavy atom. The van der Waals surface area contributed by atoms with E-state index in [0.717, 1.165) is 49.7 Å². The Kier molecular flexibility index (Phi) is 19.8. The summed E-state index contributed by atoms with van der Waals surface area (Å²) in [6.45, 7) is 3.33. The Bertz CT molecular complexity index is 804. The van der Waals surface area contributed by atoms with Crippen LogP contribution in [-0.4, -0.2) is 69.7 Å². The summed E-state index contributed by atoms with van der Waals surface area (Å²) in [5.74, 6) is -1.81. The topological polar surface area (TPSA) is 186 Å². The molecule has 0 aliphatic rings. The van der Waals surface area contributed by atoms with E-state index < -0.39 is 18.0 Å². The van der Waals surface area contributed by atoms with Crippen LogP contribution in [0, 0.1) is 5.92 Å². The van der Waals surface area contributed by atoms with Crippen molar-refractivity contribution >= 4 is 41.8 Å². The number of nitrogens with one attached hydrogen (secondary N) is 1. The van der Waals surface area contributed by atoms with Gasteiger partial charge in [0.25, 0.3) is 0 Å². The lowest BCUT2D eigenvalue weighted by atomic mass is 10.0. The highest BCUT2D eigenvalue weighted by atomic mass is 35.5. The van der Waals surface area contributed by atoms with Gasteiger partial charge in [-0.3, -0.25) is 14.4 Å². The molecule has 0 spiro atoms. The molecule has 0 amide bonds. The van der Waals surface area contributed by atoms with Crippen molar-refractivity contribution in [1.29, 1.82) is 0 Å². The molecule has 33 heavy (non-hydrogen) atoms. The molecule has 2 unspecified atom stereocenters. The smallest absolute Gasteiger partial charge is 0.320 e. The molecule has 11 nitrogen and oxygen atoms in total. The standard InChI is InChI=1S/C8H17NO2.C7H5N3O.C6H14N2O2.ClH/c1-7(8(10)11)5-3-4-6-9-2;11-5-10-7-4-2-1-3-6(7)8-9-10;7-4-2-1-3-5(8)6(9)10;/h7,9H,3-6H2,1-2H3,(H,10,11);1-5H;5H,1-4,7-8H2,(H,9,10);1H. The van der Waals surface area contributed by atoms with Crippen molar-refractivity contribution in [3.8, 4) is 0 Å². The van der Waals surface area contributed by atoms with Gasteiger partial charge in [-0.25, -0.2) is 0 Å². The molecule has 7 N–H and O–H groups in total. The van der Waals surface area contributed by atoms with Gasteiger partial charge >= 0.3 is 11.9 Å². The summed E-state index contributed by atoms with van der Waals surface area (Å²) in [7, 11) is 1.90. The molecule has 1 heterocycles. The van der Waals surface area contributed by atoms with E-state index in [4.69, 9.17) is 21.7 Å². The summed E-state index contributed by atoms with van der Waals surface area (Å²) in [4.78, 5) is 30.8. The van der Waals surface area contributed by atoms with E-state index in [1.807, 2.05) is 25.2 Å². The molecule has 12 heteroatoms. The fourth-order valence-corrected chi connectivity index (χ4v) is 2.47. The maximum absolute atomic E-state index is 10.3. The van der Waals surface area contributed by atoms with Crippen molar-refractivity contribution in [2.45, 2.75) is 51.5 Å². The number of para-hydroxylation sites is 1. The maximum atomic E-state index is 10.3. The number of aromatic nitrogens is 3. The zero-order valence-corrected chi connectivity index (χ0v) is 20.0. The normalized spacial score (nSPS) is 11.6. The number of nitrogens with zero attached hydrogens (tertiary/aromatic N) is 3. The number of carboxylic acids is 2. The predicted molar refractivity (Wildman–Crippen MR) is 130 cm³/mol. The number of hydrogen-bond acceptors (Lipinski definition) is 8. The van der Waals surface area contributed by atoms with E-state index in [-0.39, 0.29) is 18.3 Å². The third kappa shape index (κ3) is 15.0. The lowest BCUT2D eigenvalue weighted by molar-refractivity contribution is -0.141. The van der Waals surface area contributed by atoms with Crippen LogP contribution in [0.4, 0.5) is 0 Å². The zero-order chi connectivity index (χ0) is 24.4. The van der Waals surface area contributed by atoms with Gasteiger partial charge in [0.1, 0.15) is 11.6 Å². The molecular weight excluding hydrogens is 452 g/mol. The van der Waals surface area contributed by atoms with Crippen molar-refractivity contribution < 1.29 is 24.6 Å². The van der Waals surface area contributed by atoms with Crippen LogP contribution in [-0.2, 0) is 14.4 Å². The molecule has 188 valence electrons. The van der Waals surface area contributed by atoms with Gasteiger partial charge in [0.15, 0.2) is 0 Å². The molecular formula is C21H37ClN6O5. The van der Waals surface area contributed by atoms with Crippen molar-refractivity contribution in [1.82, 2.24) is 20.3 Å². The molecule has 0 saturated carbocycles. The third-order valence-electron chi connectivity index (χ3n) is 4.50. The maximum Gasteiger partial charge on any atom is 0.320 e. The first-order valence-corrected chi connectivity index (χ1v) is 10.6. The van der Waals surface area contributed by atoms with E-state index >= 15 is 0 Å². The highest BCUT2D eigenvalue weighted by Crippen LogP contribution is 2.07. The Morgan fingerprint density at radius 1 is 1.12 bits per heavy atom. The number of benzene rings is 1. The number of rotatable bonds is 12. The first-order valence-electron chi connectivity index (χ1n) is 10.6. The quantitative estimate of drug-likeness (QED) is 0.216. The van der Waals surface area contributed by atoms with Crippen LogP contribution < -0.4 is 16.8 Å². The Labute approximate surface area is 200 Å².